The summed E-state index contributed by atoms with van der Waals surface area (Å²) in [5.41, 5.74) is 0.404. The van der Waals surface area contributed by atoms with E-state index in [0.717, 1.165) is 25.7 Å². The number of carbonyl (C=O) groups excluding carboxylic acids is 1. The number of amides is 1. The van der Waals surface area contributed by atoms with Crippen LogP contribution in [0.15, 0.2) is 0 Å². The normalized spacial score (nSPS) is 24.2. The van der Waals surface area contributed by atoms with Gasteiger partial charge in [0.05, 0.1) is 5.69 Å². The van der Waals surface area contributed by atoms with Gasteiger partial charge in [-0.2, -0.15) is 13.2 Å². The number of rotatable bonds is 3. The van der Waals surface area contributed by atoms with Gasteiger partial charge in [0.2, 0.25) is 5.82 Å². The van der Waals surface area contributed by atoms with Gasteiger partial charge in [-0.05, 0) is 43.9 Å². The predicted molar refractivity (Wildman–Crippen MR) is 83.6 cm³/mol. The van der Waals surface area contributed by atoms with Gasteiger partial charge < -0.3 is 9.88 Å². The molecule has 2 unspecified atom stereocenters. The van der Waals surface area contributed by atoms with Crippen LogP contribution in [0.1, 0.15) is 68.0 Å². The van der Waals surface area contributed by atoms with Gasteiger partial charge in [0.15, 0.2) is 0 Å². The lowest BCUT2D eigenvalue weighted by atomic mass is 9.91. The number of hydrogen-bond donors (Lipinski definition) is 1. The first kappa shape index (κ1) is 17.3. The fourth-order valence-corrected chi connectivity index (χ4v) is 4.14. The second-order valence-electron chi connectivity index (χ2n) is 7.26. The van der Waals surface area contributed by atoms with Crippen LogP contribution in [0.25, 0.3) is 0 Å². The molecule has 0 aromatic carbocycles. The van der Waals surface area contributed by atoms with E-state index >= 15 is 0 Å². The van der Waals surface area contributed by atoms with Crippen molar-refractivity contribution in [1.29, 1.82) is 0 Å². The molecule has 1 amide bonds. The summed E-state index contributed by atoms with van der Waals surface area (Å²) >= 11 is 0. The summed E-state index contributed by atoms with van der Waals surface area (Å²) in [6.07, 6.45) is 0.410. The molecule has 2 aliphatic rings. The Kier molecular flexibility index (Phi) is 4.62. The first-order chi connectivity index (χ1) is 11.3. The molecule has 134 valence electrons. The van der Waals surface area contributed by atoms with Crippen molar-refractivity contribution in [3.8, 4) is 0 Å². The van der Waals surface area contributed by atoms with Crippen LogP contribution >= 0.6 is 0 Å². The zero-order valence-corrected chi connectivity index (χ0v) is 14.1. The van der Waals surface area contributed by atoms with Gasteiger partial charge >= 0.3 is 6.18 Å². The van der Waals surface area contributed by atoms with Crippen LogP contribution in [0.3, 0.4) is 0 Å². The molecular formula is C17H24F3N3O. The molecule has 1 fully saturated rings. The summed E-state index contributed by atoms with van der Waals surface area (Å²) in [7, 11) is 0. The van der Waals surface area contributed by atoms with Gasteiger partial charge in [0, 0.05) is 12.6 Å². The largest absolute Gasteiger partial charge is 0.449 e. The van der Waals surface area contributed by atoms with Crippen LogP contribution in [-0.4, -0.2) is 21.5 Å². The van der Waals surface area contributed by atoms with Gasteiger partial charge in [-0.3, -0.25) is 4.79 Å². The maximum absolute atomic E-state index is 13.2. The van der Waals surface area contributed by atoms with Gasteiger partial charge in [-0.25, -0.2) is 4.98 Å². The van der Waals surface area contributed by atoms with E-state index in [1.165, 1.54) is 4.57 Å². The molecule has 1 aliphatic heterocycles. The molecule has 1 N–H and O–H groups in total. The van der Waals surface area contributed by atoms with Gasteiger partial charge in [0.25, 0.3) is 5.91 Å². The third-order valence-corrected chi connectivity index (χ3v) is 5.33. The van der Waals surface area contributed by atoms with Crippen LogP contribution in [0, 0.1) is 11.8 Å². The van der Waals surface area contributed by atoms with E-state index in [0.29, 0.717) is 30.4 Å². The molecule has 1 aromatic heterocycles. The minimum Gasteiger partial charge on any atom is -0.348 e. The van der Waals surface area contributed by atoms with E-state index in [-0.39, 0.29) is 18.3 Å². The summed E-state index contributed by atoms with van der Waals surface area (Å²) in [5.74, 6) is -0.559. The zero-order valence-electron chi connectivity index (χ0n) is 14.1. The second-order valence-corrected chi connectivity index (χ2v) is 7.26. The maximum Gasteiger partial charge on any atom is 0.449 e. The van der Waals surface area contributed by atoms with E-state index in [2.05, 4.69) is 24.1 Å². The molecule has 0 saturated heterocycles. The molecule has 0 bridgehead atoms. The zero-order chi connectivity index (χ0) is 17.5. The first-order valence-electron chi connectivity index (χ1n) is 8.76. The van der Waals surface area contributed by atoms with E-state index < -0.39 is 17.9 Å². The maximum atomic E-state index is 13.2. The molecule has 0 spiro atoms. The van der Waals surface area contributed by atoms with Crippen LogP contribution in [-0.2, 0) is 19.1 Å². The van der Waals surface area contributed by atoms with Crippen molar-refractivity contribution in [2.24, 2.45) is 11.8 Å². The minimum atomic E-state index is -4.53. The van der Waals surface area contributed by atoms with E-state index in [1.807, 2.05) is 0 Å². The van der Waals surface area contributed by atoms with Crippen LogP contribution in [0.2, 0.25) is 0 Å². The number of halogens is 3. The Morgan fingerprint density at radius 3 is 2.67 bits per heavy atom. The lowest BCUT2D eigenvalue weighted by Crippen LogP contribution is -2.39. The van der Waals surface area contributed by atoms with Crippen molar-refractivity contribution < 1.29 is 18.0 Å². The van der Waals surface area contributed by atoms with Crippen molar-refractivity contribution in [2.75, 3.05) is 0 Å². The Balaban J connectivity index is 1.86. The second kappa shape index (κ2) is 6.41. The number of carbonyl (C=O) groups is 1. The molecule has 2 atom stereocenters. The highest BCUT2D eigenvalue weighted by Gasteiger charge is 2.41. The fraction of sp³-hybridized carbons (Fsp3) is 0.765. The van der Waals surface area contributed by atoms with Crippen molar-refractivity contribution in [3.05, 3.63) is 17.2 Å². The Bertz CT molecular complexity index is 621. The number of hydrogen-bond acceptors (Lipinski definition) is 2. The number of alkyl halides is 3. The molecule has 4 nitrogen and oxygen atoms in total. The quantitative estimate of drug-likeness (QED) is 0.908. The van der Waals surface area contributed by atoms with Gasteiger partial charge in [-0.15, -0.1) is 0 Å². The van der Waals surface area contributed by atoms with Crippen molar-refractivity contribution >= 4 is 5.91 Å². The summed E-state index contributed by atoms with van der Waals surface area (Å²) in [6, 6.07) is 0.0350. The van der Waals surface area contributed by atoms with Crippen molar-refractivity contribution in [3.63, 3.8) is 0 Å². The smallest absolute Gasteiger partial charge is 0.348 e. The molecule has 2 heterocycles. The lowest BCUT2D eigenvalue weighted by Gasteiger charge is -2.24. The van der Waals surface area contributed by atoms with Gasteiger partial charge in [0.1, 0.15) is 5.69 Å². The lowest BCUT2D eigenvalue weighted by molar-refractivity contribution is -0.147. The molecule has 1 aliphatic carbocycles. The molecule has 1 aromatic rings. The molecule has 24 heavy (non-hydrogen) atoms. The minimum absolute atomic E-state index is 0.0311. The molecule has 0 radical (unpaired) electrons. The standard InChI is InChI=1S/C17H24F3N3O/c1-10(2)11-6-5-7-12(11)21-15(24)14-13-8-3-4-9-23(13)16(22-14)17(18,19)20/h10-12H,3-9H2,1-2H3,(H,21,24). The third kappa shape index (κ3) is 3.17. The highest BCUT2D eigenvalue weighted by molar-refractivity contribution is 5.94. The van der Waals surface area contributed by atoms with E-state index in [1.54, 1.807) is 0 Å². The number of fused-ring (bicyclic) bond motifs is 1. The number of nitrogens with zero attached hydrogens (tertiary/aromatic N) is 2. The monoisotopic (exact) mass is 343 g/mol. The highest BCUT2D eigenvalue weighted by atomic mass is 19.4. The van der Waals surface area contributed by atoms with E-state index in [4.69, 9.17) is 0 Å². The van der Waals surface area contributed by atoms with Crippen molar-refractivity contribution in [1.82, 2.24) is 14.9 Å². The summed E-state index contributed by atoms with van der Waals surface area (Å²) < 4.78 is 40.8. The molecule has 3 rings (SSSR count). The SMILES string of the molecule is CC(C)C1CCCC1NC(=O)c1nc(C(F)(F)F)n2c1CCCC2. The van der Waals surface area contributed by atoms with Crippen LogP contribution in [0.5, 0.6) is 0 Å². The number of nitrogens with one attached hydrogen (secondary N) is 1. The number of aromatic nitrogens is 2. The van der Waals surface area contributed by atoms with Gasteiger partial charge in [-0.1, -0.05) is 20.3 Å². The first-order valence-corrected chi connectivity index (χ1v) is 8.76. The Morgan fingerprint density at radius 1 is 1.25 bits per heavy atom. The average Bonchev–Trinajstić information content (AvgIpc) is 3.10. The Hall–Kier alpha value is -1.53. The molecule has 7 heteroatoms. The number of imidazole rings is 1. The summed E-state index contributed by atoms with van der Waals surface area (Å²) in [5, 5.41) is 2.96. The summed E-state index contributed by atoms with van der Waals surface area (Å²) in [6.45, 7) is 4.52. The molecular weight excluding hydrogens is 319 g/mol. The predicted octanol–water partition coefficient (Wildman–Crippen LogP) is 3.79. The van der Waals surface area contributed by atoms with E-state index in [9.17, 15) is 18.0 Å². The Labute approximate surface area is 139 Å². The highest BCUT2D eigenvalue weighted by Crippen LogP contribution is 2.34. The Morgan fingerprint density at radius 2 is 2.00 bits per heavy atom. The van der Waals surface area contributed by atoms with Crippen LogP contribution < -0.4 is 5.32 Å². The molecule has 1 saturated carbocycles. The average molecular weight is 343 g/mol. The third-order valence-electron chi connectivity index (χ3n) is 5.33. The topological polar surface area (TPSA) is 46.9 Å². The van der Waals surface area contributed by atoms with Crippen LogP contribution in [0.4, 0.5) is 13.2 Å². The van der Waals surface area contributed by atoms with Crippen molar-refractivity contribution in [2.45, 2.75) is 71.1 Å². The fourth-order valence-electron chi connectivity index (χ4n) is 4.14. The summed E-state index contributed by atoms with van der Waals surface area (Å²) in [4.78, 5) is 16.3.